The van der Waals surface area contributed by atoms with Crippen molar-refractivity contribution in [2.75, 3.05) is 18.6 Å². The van der Waals surface area contributed by atoms with Crippen LogP contribution in [-0.4, -0.2) is 24.4 Å². The summed E-state index contributed by atoms with van der Waals surface area (Å²) in [5.41, 5.74) is 0.678. The SMILES string of the molecule is COc1cc(N2CCCC(Br)C2=O)ccc1F. The molecule has 0 spiro atoms. The maximum atomic E-state index is 13.3. The Bertz CT molecular complexity index is 439. The van der Waals surface area contributed by atoms with Gasteiger partial charge in [-0.25, -0.2) is 4.39 Å². The average molecular weight is 302 g/mol. The number of anilines is 1. The molecule has 0 saturated carbocycles. The number of ether oxygens (including phenoxy) is 1. The predicted molar refractivity (Wildman–Crippen MR) is 67.3 cm³/mol. The van der Waals surface area contributed by atoms with Gasteiger partial charge in [0, 0.05) is 18.3 Å². The van der Waals surface area contributed by atoms with Crippen molar-refractivity contribution in [2.24, 2.45) is 0 Å². The fraction of sp³-hybridized carbons (Fsp3) is 0.417. The number of halogens is 2. The van der Waals surface area contributed by atoms with Crippen LogP contribution in [-0.2, 0) is 4.79 Å². The Morgan fingerprint density at radius 3 is 3.00 bits per heavy atom. The van der Waals surface area contributed by atoms with Crippen molar-refractivity contribution in [1.82, 2.24) is 0 Å². The Hall–Kier alpha value is -1.10. The zero-order chi connectivity index (χ0) is 12.4. The quantitative estimate of drug-likeness (QED) is 0.786. The van der Waals surface area contributed by atoms with E-state index < -0.39 is 5.82 Å². The molecule has 0 aliphatic carbocycles. The molecule has 2 rings (SSSR count). The van der Waals surface area contributed by atoms with E-state index in [1.165, 1.54) is 13.2 Å². The van der Waals surface area contributed by atoms with Gasteiger partial charge in [-0.05, 0) is 25.0 Å². The van der Waals surface area contributed by atoms with E-state index >= 15 is 0 Å². The molecule has 1 heterocycles. The van der Waals surface area contributed by atoms with Crippen molar-refractivity contribution < 1.29 is 13.9 Å². The molecule has 92 valence electrons. The van der Waals surface area contributed by atoms with Crippen LogP contribution in [0.1, 0.15) is 12.8 Å². The number of hydrogen-bond acceptors (Lipinski definition) is 2. The van der Waals surface area contributed by atoms with Gasteiger partial charge >= 0.3 is 0 Å². The summed E-state index contributed by atoms with van der Waals surface area (Å²) in [6, 6.07) is 4.47. The van der Waals surface area contributed by atoms with Crippen molar-refractivity contribution in [2.45, 2.75) is 17.7 Å². The lowest BCUT2D eigenvalue weighted by Crippen LogP contribution is -2.41. The highest BCUT2D eigenvalue weighted by Crippen LogP contribution is 2.28. The van der Waals surface area contributed by atoms with Crippen molar-refractivity contribution in [3.63, 3.8) is 0 Å². The molecule has 1 atom stereocenters. The van der Waals surface area contributed by atoms with Crippen molar-refractivity contribution in [1.29, 1.82) is 0 Å². The summed E-state index contributed by atoms with van der Waals surface area (Å²) >= 11 is 3.34. The van der Waals surface area contributed by atoms with Crippen LogP contribution in [0, 0.1) is 5.82 Å². The first-order chi connectivity index (χ1) is 8.13. The van der Waals surface area contributed by atoms with Crippen molar-refractivity contribution in [3.8, 4) is 5.75 Å². The summed E-state index contributed by atoms with van der Waals surface area (Å²) < 4.78 is 18.2. The lowest BCUT2D eigenvalue weighted by atomic mass is 10.1. The molecule has 3 nitrogen and oxygen atoms in total. The second-order valence-corrected chi connectivity index (χ2v) is 5.02. The number of carbonyl (C=O) groups is 1. The molecule has 1 aromatic carbocycles. The summed E-state index contributed by atoms with van der Waals surface area (Å²) in [7, 11) is 1.41. The van der Waals surface area contributed by atoms with E-state index in [1.807, 2.05) is 0 Å². The number of piperidine rings is 1. The van der Waals surface area contributed by atoms with Gasteiger partial charge in [0.25, 0.3) is 0 Å². The topological polar surface area (TPSA) is 29.5 Å². The Labute approximate surface area is 108 Å². The van der Waals surface area contributed by atoms with Crippen molar-refractivity contribution in [3.05, 3.63) is 24.0 Å². The first kappa shape index (κ1) is 12.4. The highest BCUT2D eigenvalue weighted by atomic mass is 79.9. The fourth-order valence-electron chi connectivity index (χ4n) is 1.90. The standard InChI is InChI=1S/C12H13BrFNO2/c1-17-11-7-8(4-5-10(11)14)15-6-2-3-9(13)12(15)16/h4-5,7,9H,2-3,6H2,1H3. The number of carbonyl (C=O) groups excluding carboxylic acids is 1. The zero-order valence-corrected chi connectivity index (χ0v) is 11.0. The molecule has 0 N–H and O–H groups in total. The molecule has 1 aliphatic rings. The third-order valence-corrected chi connectivity index (χ3v) is 3.67. The minimum absolute atomic E-state index is 0.0184. The maximum Gasteiger partial charge on any atom is 0.240 e. The molecule has 0 aromatic heterocycles. The number of amides is 1. The first-order valence-corrected chi connectivity index (χ1v) is 6.34. The average Bonchev–Trinajstić information content (AvgIpc) is 2.34. The molecule has 1 aliphatic heterocycles. The van der Waals surface area contributed by atoms with Gasteiger partial charge in [-0.15, -0.1) is 0 Å². The monoisotopic (exact) mass is 301 g/mol. The number of benzene rings is 1. The summed E-state index contributed by atoms with van der Waals surface area (Å²) in [6.45, 7) is 0.662. The lowest BCUT2D eigenvalue weighted by molar-refractivity contribution is -0.118. The molecule has 5 heteroatoms. The molecule has 1 aromatic rings. The first-order valence-electron chi connectivity index (χ1n) is 5.42. The van der Waals surface area contributed by atoms with Crippen LogP contribution in [0.2, 0.25) is 0 Å². The molecular formula is C12H13BrFNO2. The number of rotatable bonds is 2. The van der Waals surface area contributed by atoms with Crippen LogP contribution in [0.15, 0.2) is 18.2 Å². The highest BCUT2D eigenvalue weighted by molar-refractivity contribution is 9.10. The van der Waals surface area contributed by atoms with E-state index in [-0.39, 0.29) is 16.5 Å². The Balaban J connectivity index is 2.30. The van der Waals surface area contributed by atoms with Gasteiger partial charge in [0.1, 0.15) is 0 Å². The number of methoxy groups -OCH3 is 1. The minimum Gasteiger partial charge on any atom is -0.494 e. The van der Waals surface area contributed by atoms with Crippen LogP contribution in [0.25, 0.3) is 0 Å². The van der Waals surface area contributed by atoms with Gasteiger partial charge in [0.05, 0.1) is 11.9 Å². The van der Waals surface area contributed by atoms with E-state index in [0.29, 0.717) is 12.2 Å². The zero-order valence-electron chi connectivity index (χ0n) is 9.45. The molecule has 1 fully saturated rings. The van der Waals surface area contributed by atoms with Gasteiger partial charge in [-0.2, -0.15) is 0 Å². The summed E-state index contributed by atoms with van der Waals surface area (Å²) in [4.78, 5) is 13.5. The fourth-order valence-corrected chi connectivity index (χ4v) is 2.47. The minimum atomic E-state index is -0.420. The largest absolute Gasteiger partial charge is 0.494 e. The van der Waals surface area contributed by atoms with Gasteiger partial charge in [0.15, 0.2) is 11.6 Å². The number of hydrogen-bond donors (Lipinski definition) is 0. The summed E-state index contributed by atoms with van der Waals surface area (Å²) in [5.74, 6) is -0.243. The van der Waals surface area contributed by atoms with Gasteiger partial charge in [-0.3, -0.25) is 4.79 Å². The normalized spacial score (nSPS) is 20.5. The van der Waals surface area contributed by atoms with Gasteiger partial charge in [0.2, 0.25) is 5.91 Å². The van der Waals surface area contributed by atoms with Crippen LogP contribution in [0.5, 0.6) is 5.75 Å². The molecule has 1 saturated heterocycles. The van der Waals surface area contributed by atoms with Crippen LogP contribution in [0.4, 0.5) is 10.1 Å². The summed E-state index contributed by atoms with van der Waals surface area (Å²) in [6.07, 6.45) is 1.77. The second kappa shape index (κ2) is 5.04. The molecule has 17 heavy (non-hydrogen) atoms. The van der Waals surface area contributed by atoms with Crippen LogP contribution in [0.3, 0.4) is 0 Å². The van der Waals surface area contributed by atoms with Gasteiger partial charge in [-0.1, -0.05) is 15.9 Å². The van der Waals surface area contributed by atoms with E-state index in [0.717, 1.165) is 12.8 Å². The predicted octanol–water partition coefficient (Wildman–Crippen LogP) is 2.72. The van der Waals surface area contributed by atoms with E-state index in [4.69, 9.17) is 4.74 Å². The van der Waals surface area contributed by atoms with E-state index in [1.54, 1.807) is 17.0 Å². The maximum absolute atomic E-state index is 13.3. The Morgan fingerprint density at radius 1 is 1.53 bits per heavy atom. The molecule has 0 radical (unpaired) electrons. The van der Waals surface area contributed by atoms with Crippen LogP contribution < -0.4 is 9.64 Å². The van der Waals surface area contributed by atoms with E-state index in [9.17, 15) is 9.18 Å². The lowest BCUT2D eigenvalue weighted by Gasteiger charge is -2.30. The highest BCUT2D eigenvalue weighted by Gasteiger charge is 2.27. The van der Waals surface area contributed by atoms with E-state index in [2.05, 4.69) is 15.9 Å². The third-order valence-electron chi connectivity index (χ3n) is 2.82. The van der Waals surface area contributed by atoms with Gasteiger partial charge < -0.3 is 9.64 Å². The third kappa shape index (κ3) is 2.44. The molecule has 0 bridgehead atoms. The number of nitrogens with zero attached hydrogens (tertiary/aromatic N) is 1. The molecular weight excluding hydrogens is 289 g/mol. The Morgan fingerprint density at radius 2 is 2.29 bits per heavy atom. The number of alkyl halides is 1. The second-order valence-electron chi connectivity index (χ2n) is 3.92. The van der Waals surface area contributed by atoms with Crippen molar-refractivity contribution >= 4 is 27.5 Å². The summed E-state index contributed by atoms with van der Waals surface area (Å²) in [5, 5.41) is 0. The molecule has 1 amide bonds. The molecule has 1 unspecified atom stereocenters. The Kier molecular flexibility index (Phi) is 3.66. The van der Waals surface area contributed by atoms with Crippen LogP contribution >= 0.6 is 15.9 Å². The smallest absolute Gasteiger partial charge is 0.240 e.